The minimum Gasteiger partial charge on any atom is -0.481 e. The highest BCUT2D eigenvalue weighted by atomic mass is 19.4. The molecule has 7 nitrogen and oxygen atoms in total. The Kier molecular flexibility index (Phi) is 11.4. The maximum absolute atomic E-state index is 13.9. The van der Waals surface area contributed by atoms with Gasteiger partial charge in [0.2, 0.25) is 5.91 Å². The van der Waals surface area contributed by atoms with E-state index in [4.69, 9.17) is 5.11 Å². The highest BCUT2D eigenvalue weighted by Gasteiger charge is 2.31. The quantitative estimate of drug-likeness (QED) is 0.185. The number of hydrogen-bond donors (Lipinski definition) is 3. The van der Waals surface area contributed by atoms with Gasteiger partial charge in [-0.15, -0.1) is 13.2 Å². The number of carboxylic acids is 1. The number of carbonyl (C=O) groups is 3. The van der Waals surface area contributed by atoms with Crippen molar-refractivity contribution in [2.24, 2.45) is 0 Å². The lowest BCUT2D eigenvalue weighted by Gasteiger charge is -2.24. The summed E-state index contributed by atoms with van der Waals surface area (Å²) < 4.78 is 41.8. The number of allylic oxidation sites excluding steroid dienone is 2. The smallest absolute Gasteiger partial charge is 0.481 e. The van der Waals surface area contributed by atoms with Gasteiger partial charge in [-0.1, -0.05) is 61.5 Å². The highest BCUT2D eigenvalue weighted by molar-refractivity contribution is 5.94. The first-order valence-electron chi connectivity index (χ1n) is 15.1. The number of carbonyl (C=O) groups excluding carboxylic acids is 2. The number of aliphatic carboxylic acids is 1. The van der Waals surface area contributed by atoms with Crippen molar-refractivity contribution in [2.75, 3.05) is 6.54 Å². The van der Waals surface area contributed by atoms with Crippen LogP contribution in [0.3, 0.4) is 0 Å². The average Bonchev–Trinajstić information content (AvgIpc) is 3.02. The minimum atomic E-state index is -4.79. The van der Waals surface area contributed by atoms with Crippen LogP contribution in [-0.2, 0) is 16.0 Å². The molecule has 3 aromatic carbocycles. The van der Waals surface area contributed by atoms with Crippen molar-refractivity contribution in [3.63, 3.8) is 0 Å². The van der Waals surface area contributed by atoms with Gasteiger partial charge < -0.3 is 20.5 Å². The second-order valence-corrected chi connectivity index (χ2v) is 11.0. The molecular weight excluding hydrogens is 585 g/mol. The van der Waals surface area contributed by atoms with E-state index >= 15 is 0 Å². The topological polar surface area (TPSA) is 105 Å². The minimum absolute atomic E-state index is 0.0156. The summed E-state index contributed by atoms with van der Waals surface area (Å²) in [6.45, 7) is 1.90. The van der Waals surface area contributed by atoms with Gasteiger partial charge in [0, 0.05) is 12.1 Å². The molecule has 0 aromatic heterocycles. The summed E-state index contributed by atoms with van der Waals surface area (Å²) in [4.78, 5) is 37.0. The summed E-state index contributed by atoms with van der Waals surface area (Å²) >= 11 is 0. The zero-order chi connectivity index (χ0) is 32.4. The van der Waals surface area contributed by atoms with Crippen LogP contribution in [0.15, 0.2) is 78.9 Å². The zero-order valence-electron chi connectivity index (χ0n) is 25.0. The molecule has 0 saturated heterocycles. The second kappa shape index (κ2) is 15.4. The lowest BCUT2D eigenvalue weighted by atomic mass is 9.88. The van der Waals surface area contributed by atoms with Crippen LogP contribution in [0.25, 0.3) is 5.57 Å². The van der Waals surface area contributed by atoms with Gasteiger partial charge >= 0.3 is 12.3 Å². The summed E-state index contributed by atoms with van der Waals surface area (Å²) in [5.74, 6) is -2.55. The molecule has 0 bridgehead atoms. The average molecular weight is 623 g/mol. The Hall–Kier alpha value is -4.60. The van der Waals surface area contributed by atoms with E-state index in [1.165, 1.54) is 36.3 Å². The molecule has 1 aliphatic rings. The predicted molar refractivity (Wildman–Crippen MR) is 165 cm³/mol. The molecule has 0 saturated carbocycles. The van der Waals surface area contributed by atoms with Crippen LogP contribution < -0.4 is 15.4 Å². The van der Waals surface area contributed by atoms with Crippen LogP contribution >= 0.6 is 0 Å². The fraction of sp³-hybridized carbons (Fsp3) is 0.343. The van der Waals surface area contributed by atoms with Gasteiger partial charge in [0.05, 0.1) is 18.4 Å². The molecule has 0 heterocycles. The van der Waals surface area contributed by atoms with E-state index in [1.807, 2.05) is 31.2 Å². The Bertz CT molecular complexity index is 1480. The van der Waals surface area contributed by atoms with Crippen molar-refractivity contribution in [1.29, 1.82) is 0 Å². The molecule has 10 heteroatoms. The van der Waals surface area contributed by atoms with E-state index in [0.717, 1.165) is 36.0 Å². The Balaban J connectivity index is 1.54. The van der Waals surface area contributed by atoms with E-state index in [1.54, 1.807) is 24.3 Å². The molecule has 0 fully saturated rings. The lowest BCUT2D eigenvalue weighted by molar-refractivity contribution is -0.274. The molecule has 2 atom stereocenters. The summed E-state index contributed by atoms with van der Waals surface area (Å²) in [5, 5.41) is 14.4. The van der Waals surface area contributed by atoms with Gasteiger partial charge in [-0.3, -0.25) is 14.4 Å². The second-order valence-electron chi connectivity index (χ2n) is 11.0. The van der Waals surface area contributed by atoms with Crippen LogP contribution in [0.2, 0.25) is 0 Å². The monoisotopic (exact) mass is 622 g/mol. The van der Waals surface area contributed by atoms with Crippen molar-refractivity contribution in [1.82, 2.24) is 10.6 Å². The molecule has 2 amide bonds. The van der Waals surface area contributed by atoms with Crippen molar-refractivity contribution < 1.29 is 37.4 Å². The summed E-state index contributed by atoms with van der Waals surface area (Å²) in [7, 11) is 0. The van der Waals surface area contributed by atoms with Gasteiger partial charge in [0.15, 0.2) is 0 Å². The van der Waals surface area contributed by atoms with Gasteiger partial charge in [-0.25, -0.2) is 0 Å². The third-order valence-corrected chi connectivity index (χ3v) is 7.81. The van der Waals surface area contributed by atoms with Crippen molar-refractivity contribution in [2.45, 2.75) is 70.2 Å². The van der Waals surface area contributed by atoms with E-state index in [0.29, 0.717) is 24.0 Å². The van der Waals surface area contributed by atoms with Gasteiger partial charge in [0.1, 0.15) is 5.75 Å². The standard InChI is InChI=1S/C35H37F3N2O5/c1-2-31(27-16-18-29(19-17-27)45-35(36,37)38)40-34(44)30(26-14-12-25(13-15-26)24-6-4-3-5-7-24)22-23-8-10-28(11-9-23)33(43)39-21-20-32(41)42/h6,8-19,30-31H,2-5,7,20-22H2,1H3,(H,39,43)(H,40,44)(H,41,42). The van der Waals surface area contributed by atoms with E-state index < -0.39 is 24.3 Å². The first-order chi connectivity index (χ1) is 21.5. The summed E-state index contributed by atoms with van der Waals surface area (Å²) in [5.41, 5.74) is 5.08. The number of benzene rings is 3. The molecular formula is C35H37F3N2O5. The zero-order valence-corrected chi connectivity index (χ0v) is 25.0. The first kappa shape index (κ1) is 33.3. The number of ether oxygens (including phenoxy) is 1. The van der Waals surface area contributed by atoms with Gasteiger partial charge in [-0.05, 0) is 90.6 Å². The number of carboxylic acid groups (broad SMARTS) is 1. The van der Waals surface area contributed by atoms with E-state index in [2.05, 4.69) is 21.4 Å². The van der Waals surface area contributed by atoms with Crippen molar-refractivity contribution in [3.8, 4) is 5.75 Å². The number of amides is 2. The van der Waals surface area contributed by atoms with Crippen LogP contribution in [0, 0.1) is 0 Å². The lowest BCUT2D eigenvalue weighted by Crippen LogP contribution is -2.33. The third-order valence-electron chi connectivity index (χ3n) is 7.81. The predicted octanol–water partition coefficient (Wildman–Crippen LogP) is 7.34. The Labute approximate surface area is 260 Å². The SMILES string of the molecule is CCC(NC(=O)C(Cc1ccc(C(=O)NCCC(=O)O)cc1)c1ccc(C2=CCCCC2)cc1)c1ccc(OC(F)(F)F)cc1. The number of hydrogen-bond acceptors (Lipinski definition) is 4. The highest BCUT2D eigenvalue weighted by Crippen LogP contribution is 2.30. The van der Waals surface area contributed by atoms with Crippen LogP contribution in [0.4, 0.5) is 13.2 Å². The molecule has 45 heavy (non-hydrogen) atoms. The first-order valence-corrected chi connectivity index (χ1v) is 15.1. The fourth-order valence-electron chi connectivity index (χ4n) is 5.40. The van der Waals surface area contributed by atoms with Gasteiger partial charge in [0.25, 0.3) is 5.91 Å². The van der Waals surface area contributed by atoms with E-state index in [-0.39, 0.29) is 30.5 Å². The van der Waals surface area contributed by atoms with E-state index in [9.17, 15) is 27.6 Å². The number of alkyl halides is 3. The molecule has 0 spiro atoms. The Morgan fingerprint density at radius 2 is 1.58 bits per heavy atom. The number of nitrogens with one attached hydrogen (secondary N) is 2. The Morgan fingerprint density at radius 1 is 0.911 bits per heavy atom. The molecule has 238 valence electrons. The van der Waals surface area contributed by atoms with Crippen LogP contribution in [0.5, 0.6) is 5.75 Å². The van der Waals surface area contributed by atoms with Crippen molar-refractivity contribution >= 4 is 23.4 Å². The van der Waals surface area contributed by atoms with Crippen LogP contribution in [-0.4, -0.2) is 35.8 Å². The molecule has 0 aliphatic heterocycles. The van der Waals surface area contributed by atoms with Crippen LogP contribution in [0.1, 0.15) is 90.0 Å². The number of halogens is 3. The van der Waals surface area contributed by atoms with Crippen molar-refractivity contribution in [3.05, 3.63) is 107 Å². The number of rotatable bonds is 13. The third kappa shape index (κ3) is 9.96. The normalized spacial score (nSPS) is 14.5. The summed E-state index contributed by atoms with van der Waals surface area (Å²) in [6.07, 6.45) is 2.54. The maximum Gasteiger partial charge on any atom is 0.573 e. The maximum atomic E-state index is 13.9. The molecule has 4 rings (SSSR count). The fourth-order valence-corrected chi connectivity index (χ4v) is 5.40. The van der Waals surface area contributed by atoms with Gasteiger partial charge in [-0.2, -0.15) is 0 Å². The molecule has 3 N–H and O–H groups in total. The summed E-state index contributed by atoms with van der Waals surface area (Å²) in [6, 6.07) is 19.8. The molecule has 0 radical (unpaired) electrons. The molecule has 3 aromatic rings. The molecule has 1 aliphatic carbocycles. The largest absolute Gasteiger partial charge is 0.573 e. The molecule has 2 unspecified atom stereocenters. The Morgan fingerprint density at radius 3 is 2.16 bits per heavy atom.